The molecule has 0 amide bonds. The molecule has 0 spiro atoms. The molecule has 1 aromatic rings. The predicted molar refractivity (Wildman–Crippen MR) is 54.4 cm³/mol. The summed E-state index contributed by atoms with van der Waals surface area (Å²) >= 11 is 1.79. The van der Waals surface area contributed by atoms with Gasteiger partial charge in [0.05, 0.1) is 25.5 Å². The lowest BCUT2D eigenvalue weighted by Crippen LogP contribution is -2.03. The Hall–Kier alpha value is -0.500. The Morgan fingerprint density at radius 2 is 2.29 bits per heavy atom. The highest BCUT2D eigenvalue weighted by atomic mass is 127. The number of methoxy groups -OCH3 is 1. The van der Waals surface area contributed by atoms with Gasteiger partial charge in [0.2, 0.25) is 0 Å². The second-order valence-electron chi connectivity index (χ2n) is 2.47. The lowest BCUT2D eigenvalue weighted by atomic mass is 10.1. The first kappa shape index (κ1) is 11.6. The maximum absolute atomic E-state index is 12.6. The van der Waals surface area contributed by atoms with E-state index >= 15 is 0 Å². The molecule has 3 nitrogen and oxygen atoms in total. The third-order valence-electron chi connectivity index (χ3n) is 1.73. The molecule has 0 bridgehead atoms. The standard InChI is InChI=1S/C8H8F2INO2/c1-14-5-2-12-8(11)4(3-13)6(5)7(9)10/h2,7,13H,3H2,1H3. The summed E-state index contributed by atoms with van der Waals surface area (Å²) in [5.41, 5.74) is -0.158. The van der Waals surface area contributed by atoms with Crippen LogP contribution in [0.5, 0.6) is 5.75 Å². The molecule has 78 valence electrons. The molecule has 0 atom stereocenters. The molecule has 0 unspecified atom stereocenters. The molecule has 0 aliphatic rings. The molecule has 1 aromatic heterocycles. The van der Waals surface area contributed by atoms with Crippen LogP contribution in [0.3, 0.4) is 0 Å². The summed E-state index contributed by atoms with van der Waals surface area (Å²) in [7, 11) is 1.29. The number of rotatable bonds is 3. The number of aliphatic hydroxyl groups excluding tert-OH is 1. The van der Waals surface area contributed by atoms with Crippen LogP contribution in [0.15, 0.2) is 6.20 Å². The Bertz CT molecular complexity index is 333. The van der Waals surface area contributed by atoms with E-state index < -0.39 is 13.0 Å². The van der Waals surface area contributed by atoms with Crippen LogP contribution < -0.4 is 4.74 Å². The fourth-order valence-electron chi connectivity index (χ4n) is 1.07. The maximum atomic E-state index is 12.6. The van der Waals surface area contributed by atoms with E-state index in [1.54, 1.807) is 22.6 Å². The van der Waals surface area contributed by atoms with Gasteiger partial charge in [-0.15, -0.1) is 0 Å². The number of alkyl halides is 2. The third kappa shape index (κ3) is 2.11. The van der Waals surface area contributed by atoms with Crippen molar-refractivity contribution in [2.24, 2.45) is 0 Å². The van der Waals surface area contributed by atoms with Gasteiger partial charge in [0.25, 0.3) is 6.43 Å². The van der Waals surface area contributed by atoms with Gasteiger partial charge in [-0.2, -0.15) is 0 Å². The van der Waals surface area contributed by atoms with Crippen molar-refractivity contribution in [1.82, 2.24) is 4.98 Å². The zero-order chi connectivity index (χ0) is 10.7. The lowest BCUT2D eigenvalue weighted by molar-refractivity contribution is 0.142. The van der Waals surface area contributed by atoms with Crippen LogP contribution in [0.1, 0.15) is 17.6 Å². The van der Waals surface area contributed by atoms with Crippen molar-refractivity contribution < 1.29 is 18.6 Å². The van der Waals surface area contributed by atoms with Gasteiger partial charge >= 0.3 is 0 Å². The molecule has 0 aromatic carbocycles. The van der Waals surface area contributed by atoms with Crippen molar-refractivity contribution in [1.29, 1.82) is 0 Å². The summed E-state index contributed by atoms with van der Waals surface area (Å²) in [6.45, 7) is -0.470. The molecule has 1 N–H and O–H groups in total. The van der Waals surface area contributed by atoms with Crippen LogP contribution >= 0.6 is 22.6 Å². The van der Waals surface area contributed by atoms with E-state index in [1.165, 1.54) is 13.3 Å². The molecule has 1 heterocycles. The van der Waals surface area contributed by atoms with Crippen LogP contribution in [-0.4, -0.2) is 17.2 Å². The van der Waals surface area contributed by atoms with E-state index in [0.29, 0.717) is 3.70 Å². The van der Waals surface area contributed by atoms with E-state index in [1.807, 2.05) is 0 Å². The number of nitrogens with zero attached hydrogens (tertiary/aromatic N) is 1. The molecule has 0 radical (unpaired) electrons. The Balaban J connectivity index is 3.36. The monoisotopic (exact) mass is 315 g/mol. The minimum absolute atomic E-state index is 0.00414. The van der Waals surface area contributed by atoms with Crippen molar-refractivity contribution in [3.8, 4) is 5.75 Å². The van der Waals surface area contributed by atoms with Crippen LogP contribution in [0.2, 0.25) is 0 Å². The molecule has 14 heavy (non-hydrogen) atoms. The average molecular weight is 315 g/mol. The smallest absolute Gasteiger partial charge is 0.267 e. The highest BCUT2D eigenvalue weighted by Gasteiger charge is 2.21. The second kappa shape index (κ2) is 4.83. The topological polar surface area (TPSA) is 42.4 Å². The van der Waals surface area contributed by atoms with Crippen molar-refractivity contribution in [3.63, 3.8) is 0 Å². The average Bonchev–Trinajstić information content (AvgIpc) is 2.17. The Labute approximate surface area is 93.2 Å². The summed E-state index contributed by atoms with van der Waals surface area (Å²) < 4.78 is 30.3. The molecular formula is C8H8F2INO2. The number of ether oxygens (including phenoxy) is 1. The van der Waals surface area contributed by atoms with Gasteiger partial charge < -0.3 is 9.84 Å². The number of hydrogen-bond donors (Lipinski definition) is 1. The quantitative estimate of drug-likeness (QED) is 0.686. The van der Waals surface area contributed by atoms with Crippen molar-refractivity contribution in [2.45, 2.75) is 13.0 Å². The lowest BCUT2D eigenvalue weighted by Gasteiger charge is -2.12. The van der Waals surface area contributed by atoms with Gasteiger partial charge in [-0.1, -0.05) is 0 Å². The van der Waals surface area contributed by atoms with E-state index in [0.717, 1.165) is 0 Å². The highest BCUT2D eigenvalue weighted by molar-refractivity contribution is 14.1. The molecule has 6 heteroatoms. The van der Waals surface area contributed by atoms with E-state index in [4.69, 9.17) is 9.84 Å². The summed E-state index contributed by atoms with van der Waals surface area (Å²) in [6, 6.07) is 0. The number of aliphatic hydroxyl groups is 1. The van der Waals surface area contributed by atoms with E-state index in [9.17, 15) is 8.78 Å². The van der Waals surface area contributed by atoms with Gasteiger partial charge in [0.15, 0.2) is 0 Å². The van der Waals surface area contributed by atoms with Crippen LogP contribution in [-0.2, 0) is 6.61 Å². The van der Waals surface area contributed by atoms with E-state index in [2.05, 4.69) is 4.98 Å². The first-order valence-electron chi connectivity index (χ1n) is 3.72. The number of aromatic nitrogens is 1. The maximum Gasteiger partial charge on any atom is 0.267 e. The number of pyridine rings is 1. The highest BCUT2D eigenvalue weighted by Crippen LogP contribution is 2.33. The minimum Gasteiger partial charge on any atom is -0.495 e. The fraction of sp³-hybridized carbons (Fsp3) is 0.375. The van der Waals surface area contributed by atoms with Gasteiger partial charge in [0, 0.05) is 5.56 Å². The SMILES string of the molecule is COc1cnc(I)c(CO)c1C(F)F. The van der Waals surface area contributed by atoms with E-state index in [-0.39, 0.29) is 16.9 Å². The summed E-state index contributed by atoms with van der Waals surface area (Å²) in [5, 5.41) is 8.93. The van der Waals surface area contributed by atoms with Crippen molar-refractivity contribution in [3.05, 3.63) is 21.0 Å². The van der Waals surface area contributed by atoms with Crippen molar-refractivity contribution >= 4 is 22.6 Å². The fourth-order valence-corrected chi connectivity index (χ4v) is 1.68. The first-order chi connectivity index (χ1) is 6.61. The van der Waals surface area contributed by atoms with Gasteiger partial charge in [-0.3, -0.25) is 0 Å². The molecule has 0 aliphatic carbocycles. The summed E-state index contributed by atoms with van der Waals surface area (Å²) in [6.07, 6.45) is -1.45. The Morgan fingerprint density at radius 3 is 2.71 bits per heavy atom. The normalized spacial score (nSPS) is 10.7. The molecule has 0 saturated carbocycles. The number of halogens is 3. The largest absolute Gasteiger partial charge is 0.495 e. The Morgan fingerprint density at radius 1 is 1.64 bits per heavy atom. The van der Waals surface area contributed by atoms with Gasteiger partial charge in [-0.25, -0.2) is 13.8 Å². The Kier molecular flexibility index (Phi) is 3.99. The van der Waals surface area contributed by atoms with Gasteiger partial charge in [0.1, 0.15) is 9.45 Å². The molecule has 0 saturated heterocycles. The van der Waals surface area contributed by atoms with Crippen LogP contribution in [0, 0.1) is 3.70 Å². The summed E-state index contributed by atoms with van der Waals surface area (Å²) in [5.74, 6) is 0.00414. The number of hydrogen-bond acceptors (Lipinski definition) is 3. The molecule has 0 fully saturated rings. The zero-order valence-corrected chi connectivity index (χ0v) is 9.46. The predicted octanol–water partition coefficient (Wildman–Crippen LogP) is 2.12. The molecular weight excluding hydrogens is 307 g/mol. The minimum atomic E-state index is -2.68. The molecule has 1 rings (SSSR count). The first-order valence-corrected chi connectivity index (χ1v) is 4.80. The van der Waals surface area contributed by atoms with Gasteiger partial charge in [-0.05, 0) is 22.6 Å². The van der Waals surface area contributed by atoms with Crippen LogP contribution in [0.4, 0.5) is 8.78 Å². The zero-order valence-electron chi connectivity index (χ0n) is 7.30. The molecule has 0 aliphatic heterocycles. The second-order valence-corrected chi connectivity index (χ2v) is 3.49. The van der Waals surface area contributed by atoms with Crippen LogP contribution in [0.25, 0.3) is 0 Å². The summed E-state index contributed by atoms with van der Waals surface area (Å²) in [4.78, 5) is 3.83. The van der Waals surface area contributed by atoms with Crippen molar-refractivity contribution in [2.75, 3.05) is 7.11 Å². The third-order valence-corrected chi connectivity index (χ3v) is 2.66.